The van der Waals surface area contributed by atoms with Gasteiger partial charge in [0.05, 0.1) is 5.60 Å². The van der Waals surface area contributed by atoms with Crippen LogP contribution < -0.4 is 5.32 Å². The highest BCUT2D eigenvalue weighted by Crippen LogP contribution is 2.12. The van der Waals surface area contributed by atoms with Crippen LogP contribution in [0.2, 0.25) is 0 Å². The monoisotopic (exact) mass is 175 g/mol. The molecular weight excluding hydrogens is 154 g/mol. The molecule has 0 radical (unpaired) electrons. The number of aliphatic hydroxyl groups excluding tert-OH is 1. The number of hydrogen-bond acceptors (Lipinski definition) is 3. The van der Waals surface area contributed by atoms with E-state index >= 15 is 0 Å². The van der Waals surface area contributed by atoms with Gasteiger partial charge in [-0.25, -0.2) is 0 Å². The van der Waals surface area contributed by atoms with E-state index in [9.17, 15) is 5.11 Å². The van der Waals surface area contributed by atoms with Gasteiger partial charge >= 0.3 is 0 Å². The quantitative estimate of drug-likeness (QED) is 0.494. The molecule has 0 aliphatic heterocycles. The summed E-state index contributed by atoms with van der Waals surface area (Å²) in [7, 11) is 0. The summed E-state index contributed by atoms with van der Waals surface area (Å²) in [6.07, 6.45) is 2.30. The molecule has 0 aromatic heterocycles. The summed E-state index contributed by atoms with van der Waals surface area (Å²) in [4.78, 5) is 0. The van der Waals surface area contributed by atoms with E-state index in [1.807, 2.05) is 13.8 Å². The third kappa shape index (κ3) is 4.70. The van der Waals surface area contributed by atoms with Crippen LogP contribution in [0.4, 0.5) is 0 Å². The summed E-state index contributed by atoms with van der Waals surface area (Å²) < 4.78 is 0. The Kier molecular flexibility index (Phi) is 6.34. The van der Waals surface area contributed by atoms with Crippen molar-refractivity contribution in [2.75, 3.05) is 19.7 Å². The maximum absolute atomic E-state index is 9.80. The Morgan fingerprint density at radius 1 is 1.25 bits per heavy atom. The lowest BCUT2D eigenvalue weighted by atomic mass is 9.98. The van der Waals surface area contributed by atoms with Crippen LogP contribution in [-0.2, 0) is 0 Å². The number of rotatable bonds is 7. The molecule has 3 heteroatoms. The Morgan fingerprint density at radius 2 is 1.83 bits per heavy atom. The second kappa shape index (κ2) is 6.40. The molecule has 0 aromatic rings. The molecule has 0 heterocycles. The van der Waals surface area contributed by atoms with E-state index in [0.29, 0.717) is 6.54 Å². The fourth-order valence-corrected chi connectivity index (χ4v) is 1.03. The van der Waals surface area contributed by atoms with Crippen LogP contribution in [0.3, 0.4) is 0 Å². The fraction of sp³-hybridized carbons (Fsp3) is 1.00. The molecule has 0 atom stereocenters. The van der Waals surface area contributed by atoms with E-state index in [1.54, 1.807) is 0 Å². The molecule has 3 nitrogen and oxygen atoms in total. The van der Waals surface area contributed by atoms with Gasteiger partial charge < -0.3 is 15.5 Å². The van der Waals surface area contributed by atoms with Gasteiger partial charge in [-0.1, -0.05) is 13.8 Å². The van der Waals surface area contributed by atoms with Crippen molar-refractivity contribution in [3.8, 4) is 0 Å². The van der Waals surface area contributed by atoms with Crippen molar-refractivity contribution in [1.82, 2.24) is 5.32 Å². The molecule has 0 bridgehead atoms. The summed E-state index contributed by atoms with van der Waals surface area (Å²) in [5.74, 6) is 0. The molecule has 74 valence electrons. The van der Waals surface area contributed by atoms with Crippen molar-refractivity contribution in [3.63, 3.8) is 0 Å². The largest absolute Gasteiger partial charge is 0.396 e. The van der Waals surface area contributed by atoms with E-state index in [2.05, 4.69) is 5.32 Å². The standard InChI is InChI=1S/C9H21NO2/c1-3-9(12,4-2)8-10-6-5-7-11/h10-12H,3-8H2,1-2H3. The predicted octanol–water partition coefficient (Wildman–Crippen LogP) is 0.510. The number of nitrogens with one attached hydrogen (secondary N) is 1. The van der Waals surface area contributed by atoms with Crippen molar-refractivity contribution >= 4 is 0 Å². The van der Waals surface area contributed by atoms with Gasteiger partial charge in [0.15, 0.2) is 0 Å². The van der Waals surface area contributed by atoms with Gasteiger partial charge in [0.1, 0.15) is 0 Å². The van der Waals surface area contributed by atoms with E-state index in [-0.39, 0.29) is 6.61 Å². The normalized spacial score (nSPS) is 12.0. The first-order chi connectivity index (χ1) is 5.68. The van der Waals surface area contributed by atoms with Crippen molar-refractivity contribution in [1.29, 1.82) is 0 Å². The molecule has 0 saturated heterocycles. The molecule has 0 unspecified atom stereocenters. The van der Waals surface area contributed by atoms with Crippen molar-refractivity contribution in [2.24, 2.45) is 0 Å². The predicted molar refractivity (Wildman–Crippen MR) is 50.1 cm³/mol. The Hall–Kier alpha value is -0.120. The molecule has 0 saturated carbocycles. The minimum Gasteiger partial charge on any atom is -0.396 e. The highest BCUT2D eigenvalue weighted by molar-refractivity contribution is 4.77. The Balaban J connectivity index is 3.45. The van der Waals surface area contributed by atoms with Crippen LogP contribution in [-0.4, -0.2) is 35.5 Å². The van der Waals surface area contributed by atoms with Gasteiger partial charge in [-0.3, -0.25) is 0 Å². The second-order valence-corrected chi connectivity index (χ2v) is 3.19. The van der Waals surface area contributed by atoms with E-state index in [0.717, 1.165) is 25.8 Å². The summed E-state index contributed by atoms with van der Waals surface area (Å²) in [6, 6.07) is 0. The first kappa shape index (κ1) is 11.9. The Bertz CT molecular complexity index is 103. The first-order valence-corrected chi connectivity index (χ1v) is 4.72. The highest BCUT2D eigenvalue weighted by atomic mass is 16.3. The lowest BCUT2D eigenvalue weighted by molar-refractivity contribution is 0.0324. The molecule has 0 fully saturated rings. The van der Waals surface area contributed by atoms with Crippen LogP contribution in [0.15, 0.2) is 0 Å². The molecule has 0 amide bonds. The van der Waals surface area contributed by atoms with Crippen LogP contribution in [0, 0.1) is 0 Å². The maximum Gasteiger partial charge on any atom is 0.0766 e. The molecule has 0 spiro atoms. The smallest absolute Gasteiger partial charge is 0.0766 e. The molecule has 0 aliphatic carbocycles. The average Bonchev–Trinajstić information content (AvgIpc) is 2.12. The molecule has 0 aliphatic rings. The van der Waals surface area contributed by atoms with E-state index in [1.165, 1.54) is 0 Å². The number of hydrogen-bond donors (Lipinski definition) is 3. The fourth-order valence-electron chi connectivity index (χ4n) is 1.03. The molecule has 12 heavy (non-hydrogen) atoms. The van der Waals surface area contributed by atoms with Gasteiger partial charge in [-0.05, 0) is 25.8 Å². The lowest BCUT2D eigenvalue weighted by Gasteiger charge is -2.25. The zero-order valence-electron chi connectivity index (χ0n) is 8.14. The third-order valence-corrected chi connectivity index (χ3v) is 2.28. The average molecular weight is 175 g/mol. The van der Waals surface area contributed by atoms with Crippen LogP contribution in [0.1, 0.15) is 33.1 Å². The SMILES string of the molecule is CCC(O)(CC)CNCCCO. The summed E-state index contributed by atoms with van der Waals surface area (Å²) >= 11 is 0. The van der Waals surface area contributed by atoms with Gasteiger partial charge in [-0.2, -0.15) is 0 Å². The Morgan fingerprint density at radius 3 is 2.25 bits per heavy atom. The summed E-state index contributed by atoms with van der Waals surface area (Å²) in [6.45, 7) is 5.58. The van der Waals surface area contributed by atoms with E-state index in [4.69, 9.17) is 5.11 Å². The minimum absolute atomic E-state index is 0.212. The lowest BCUT2D eigenvalue weighted by Crippen LogP contribution is -2.39. The van der Waals surface area contributed by atoms with Gasteiger partial charge in [0, 0.05) is 13.2 Å². The zero-order chi connectivity index (χ0) is 9.45. The van der Waals surface area contributed by atoms with Crippen molar-refractivity contribution in [2.45, 2.75) is 38.7 Å². The van der Waals surface area contributed by atoms with Crippen molar-refractivity contribution in [3.05, 3.63) is 0 Å². The van der Waals surface area contributed by atoms with Crippen LogP contribution >= 0.6 is 0 Å². The molecule has 0 rings (SSSR count). The minimum atomic E-state index is -0.560. The van der Waals surface area contributed by atoms with E-state index < -0.39 is 5.60 Å². The van der Waals surface area contributed by atoms with Gasteiger partial charge in [0.25, 0.3) is 0 Å². The Labute approximate surface area is 74.8 Å². The van der Waals surface area contributed by atoms with Crippen LogP contribution in [0.25, 0.3) is 0 Å². The van der Waals surface area contributed by atoms with Crippen LogP contribution in [0.5, 0.6) is 0 Å². The molecular formula is C9H21NO2. The highest BCUT2D eigenvalue weighted by Gasteiger charge is 2.20. The number of aliphatic hydroxyl groups is 2. The van der Waals surface area contributed by atoms with Gasteiger partial charge in [-0.15, -0.1) is 0 Å². The van der Waals surface area contributed by atoms with Gasteiger partial charge in [0.2, 0.25) is 0 Å². The summed E-state index contributed by atoms with van der Waals surface area (Å²) in [5.41, 5.74) is -0.560. The zero-order valence-corrected chi connectivity index (χ0v) is 8.14. The second-order valence-electron chi connectivity index (χ2n) is 3.19. The van der Waals surface area contributed by atoms with Crippen molar-refractivity contribution < 1.29 is 10.2 Å². The first-order valence-electron chi connectivity index (χ1n) is 4.72. The third-order valence-electron chi connectivity index (χ3n) is 2.28. The molecule has 3 N–H and O–H groups in total. The molecule has 0 aromatic carbocycles. The topological polar surface area (TPSA) is 52.5 Å². The maximum atomic E-state index is 9.80. The summed E-state index contributed by atoms with van der Waals surface area (Å²) in [5, 5.41) is 21.4.